The minimum Gasteiger partial charge on any atom is -0.365 e. The molecule has 0 aliphatic heterocycles. The Morgan fingerprint density at radius 1 is 1.04 bits per heavy atom. The summed E-state index contributed by atoms with van der Waals surface area (Å²) in [5, 5.41) is 1.34. The third-order valence-electron chi connectivity index (χ3n) is 4.96. The molecule has 2 nitrogen and oxygen atoms in total. The lowest BCUT2D eigenvalue weighted by Gasteiger charge is -2.21. The predicted molar refractivity (Wildman–Crippen MR) is 107 cm³/mol. The summed E-state index contributed by atoms with van der Waals surface area (Å²) < 4.78 is 6.37. The molecule has 0 unspecified atom stereocenters. The van der Waals surface area contributed by atoms with Gasteiger partial charge in [0.2, 0.25) is 0 Å². The van der Waals surface area contributed by atoms with Crippen LogP contribution in [0.2, 0.25) is 10.0 Å². The minimum atomic E-state index is -0.294. The number of pyridine rings is 1. The van der Waals surface area contributed by atoms with Gasteiger partial charge in [-0.3, -0.25) is 4.98 Å². The average Bonchev–Trinajstić information content (AvgIpc) is 3.44. The molecule has 1 saturated carbocycles. The van der Waals surface area contributed by atoms with Gasteiger partial charge in [0.05, 0.1) is 12.2 Å². The second-order valence-corrected chi connectivity index (χ2v) is 7.60. The molecule has 0 N–H and O–H groups in total. The predicted octanol–water partition coefficient (Wildman–Crippen LogP) is 6.57. The van der Waals surface area contributed by atoms with Crippen LogP contribution in [-0.4, -0.2) is 4.98 Å². The van der Waals surface area contributed by atoms with E-state index in [9.17, 15) is 0 Å². The molecule has 4 heteroatoms. The first-order chi connectivity index (χ1) is 12.6. The van der Waals surface area contributed by atoms with Crippen LogP contribution in [0.3, 0.4) is 0 Å². The van der Waals surface area contributed by atoms with Gasteiger partial charge in [-0.25, -0.2) is 0 Å². The Morgan fingerprint density at radius 2 is 1.85 bits per heavy atom. The van der Waals surface area contributed by atoms with E-state index >= 15 is 0 Å². The maximum absolute atomic E-state index is 6.37. The van der Waals surface area contributed by atoms with E-state index < -0.39 is 0 Å². The number of ether oxygens (including phenoxy) is 1. The average molecular weight is 384 g/mol. The molecule has 26 heavy (non-hydrogen) atoms. The van der Waals surface area contributed by atoms with Crippen molar-refractivity contribution in [3.8, 4) is 11.1 Å². The number of hydrogen-bond donors (Lipinski definition) is 0. The van der Waals surface area contributed by atoms with Crippen molar-refractivity contribution in [3.63, 3.8) is 0 Å². The molecule has 0 bridgehead atoms. The first-order valence-electron chi connectivity index (χ1n) is 8.67. The molecule has 0 radical (unpaired) electrons. The number of nitrogens with zero attached hydrogens (tertiary/aromatic N) is 1. The number of rotatable bonds is 5. The van der Waals surface area contributed by atoms with Gasteiger partial charge in [0.15, 0.2) is 0 Å². The third-order valence-corrected chi connectivity index (χ3v) is 5.57. The van der Waals surface area contributed by atoms with Crippen molar-refractivity contribution in [2.75, 3.05) is 0 Å². The highest BCUT2D eigenvalue weighted by atomic mass is 35.5. The molecule has 0 saturated heterocycles. The third kappa shape index (κ3) is 3.37. The molecule has 1 aromatic heterocycles. The van der Waals surface area contributed by atoms with Crippen LogP contribution in [0.15, 0.2) is 60.9 Å². The van der Waals surface area contributed by atoms with Crippen LogP contribution < -0.4 is 0 Å². The Bertz CT molecular complexity index is 950. The van der Waals surface area contributed by atoms with Crippen LogP contribution in [0.1, 0.15) is 29.5 Å². The molecule has 1 fully saturated rings. The second-order valence-electron chi connectivity index (χ2n) is 6.75. The van der Waals surface area contributed by atoms with Gasteiger partial charge in [-0.15, -0.1) is 0 Å². The Kier molecular flexibility index (Phi) is 4.74. The van der Waals surface area contributed by atoms with Gasteiger partial charge in [0, 0.05) is 28.0 Å². The fourth-order valence-corrected chi connectivity index (χ4v) is 3.71. The Balaban J connectivity index is 1.66. The van der Waals surface area contributed by atoms with Crippen LogP contribution in [0, 0.1) is 6.92 Å². The van der Waals surface area contributed by atoms with Crippen LogP contribution in [0.25, 0.3) is 11.1 Å². The van der Waals surface area contributed by atoms with Crippen molar-refractivity contribution in [1.29, 1.82) is 0 Å². The van der Waals surface area contributed by atoms with E-state index in [4.69, 9.17) is 27.9 Å². The highest BCUT2D eigenvalue weighted by Gasteiger charge is 2.47. The highest BCUT2D eigenvalue weighted by molar-refractivity contribution is 6.33. The molecule has 0 spiro atoms. The molecule has 132 valence electrons. The summed E-state index contributed by atoms with van der Waals surface area (Å²) in [5.74, 6) is 0. The standard InChI is InChI=1S/C22H19Cl2NO/c1-15-4-2-3-5-18(15)19-8-11-25-13-20(19)22(9-10-22)26-14-16-12-17(23)6-7-21(16)24/h2-8,11-13H,9-10,14H2,1H3. The van der Waals surface area contributed by atoms with Crippen LogP contribution in [0.4, 0.5) is 0 Å². The number of aryl methyl sites for hydroxylation is 1. The summed E-state index contributed by atoms with van der Waals surface area (Å²) in [4.78, 5) is 4.37. The molecule has 1 aliphatic carbocycles. The SMILES string of the molecule is Cc1ccccc1-c1ccncc1C1(OCc2cc(Cl)ccc2Cl)CC1. The van der Waals surface area contributed by atoms with Gasteiger partial charge in [-0.2, -0.15) is 0 Å². The minimum absolute atomic E-state index is 0.294. The lowest BCUT2D eigenvalue weighted by molar-refractivity contribution is 0.0174. The monoisotopic (exact) mass is 383 g/mol. The van der Waals surface area contributed by atoms with Crippen molar-refractivity contribution < 1.29 is 4.74 Å². The highest BCUT2D eigenvalue weighted by Crippen LogP contribution is 2.52. The molecule has 4 rings (SSSR count). The van der Waals surface area contributed by atoms with Crippen molar-refractivity contribution in [2.24, 2.45) is 0 Å². The number of benzene rings is 2. The summed E-state index contributed by atoms with van der Waals surface area (Å²) in [6, 6.07) is 16.0. The lowest BCUT2D eigenvalue weighted by atomic mass is 9.94. The summed E-state index contributed by atoms with van der Waals surface area (Å²) in [6.07, 6.45) is 5.75. The van der Waals surface area contributed by atoms with Gasteiger partial charge >= 0.3 is 0 Å². The van der Waals surface area contributed by atoms with Gasteiger partial charge in [0.25, 0.3) is 0 Å². The summed E-state index contributed by atoms with van der Waals surface area (Å²) >= 11 is 12.4. The van der Waals surface area contributed by atoms with E-state index in [1.54, 1.807) is 6.07 Å². The number of hydrogen-bond acceptors (Lipinski definition) is 2. The van der Waals surface area contributed by atoms with Crippen molar-refractivity contribution in [3.05, 3.63) is 87.7 Å². The summed E-state index contributed by atoms with van der Waals surface area (Å²) in [5.41, 5.74) is 5.42. The Labute approximate surface area is 163 Å². The normalized spacial score (nSPS) is 15.0. The quantitative estimate of drug-likeness (QED) is 0.496. The number of aromatic nitrogens is 1. The maximum Gasteiger partial charge on any atom is 0.0959 e. The van der Waals surface area contributed by atoms with E-state index in [2.05, 4.69) is 42.2 Å². The smallest absolute Gasteiger partial charge is 0.0959 e. The Hall–Kier alpha value is -1.87. The molecule has 3 aromatic rings. The lowest BCUT2D eigenvalue weighted by Crippen LogP contribution is -2.14. The molecular weight excluding hydrogens is 365 g/mol. The fourth-order valence-electron chi connectivity index (χ4n) is 3.34. The van der Waals surface area contributed by atoms with Crippen LogP contribution in [-0.2, 0) is 16.9 Å². The topological polar surface area (TPSA) is 22.1 Å². The maximum atomic E-state index is 6.37. The summed E-state index contributed by atoms with van der Waals surface area (Å²) in [7, 11) is 0. The van der Waals surface area contributed by atoms with Gasteiger partial charge in [-0.1, -0.05) is 47.5 Å². The van der Waals surface area contributed by atoms with Crippen molar-refractivity contribution in [2.45, 2.75) is 32.0 Å². The van der Waals surface area contributed by atoms with Crippen LogP contribution in [0.5, 0.6) is 0 Å². The van der Waals surface area contributed by atoms with Crippen LogP contribution >= 0.6 is 23.2 Å². The van der Waals surface area contributed by atoms with E-state index in [0.717, 1.165) is 24.0 Å². The van der Waals surface area contributed by atoms with Gasteiger partial charge < -0.3 is 4.74 Å². The molecule has 0 atom stereocenters. The summed E-state index contributed by atoms with van der Waals surface area (Å²) in [6.45, 7) is 2.56. The van der Waals surface area contributed by atoms with Gasteiger partial charge in [-0.05, 0) is 66.3 Å². The number of halogens is 2. The molecular formula is C22H19Cl2NO. The van der Waals surface area contributed by atoms with E-state index in [1.807, 2.05) is 24.5 Å². The van der Waals surface area contributed by atoms with Crippen molar-refractivity contribution in [1.82, 2.24) is 4.98 Å². The first kappa shape index (κ1) is 17.5. The Morgan fingerprint density at radius 3 is 2.62 bits per heavy atom. The van der Waals surface area contributed by atoms with E-state index in [0.29, 0.717) is 16.7 Å². The fraction of sp³-hybridized carbons (Fsp3) is 0.227. The molecule has 1 aliphatic rings. The zero-order valence-electron chi connectivity index (χ0n) is 14.5. The van der Waals surface area contributed by atoms with Crippen molar-refractivity contribution >= 4 is 23.2 Å². The van der Waals surface area contributed by atoms with E-state index in [-0.39, 0.29) is 5.60 Å². The van der Waals surface area contributed by atoms with E-state index in [1.165, 1.54) is 16.7 Å². The second kappa shape index (κ2) is 7.03. The van der Waals surface area contributed by atoms with Gasteiger partial charge in [0.1, 0.15) is 0 Å². The molecule has 1 heterocycles. The zero-order chi connectivity index (χ0) is 18.1. The first-order valence-corrected chi connectivity index (χ1v) is 9.43. The molecule has 0 amide bonds. The zero-order valence-corrected chi connectivity index (χ0v) is 16.0. The molecule has 2 aromatic carbocycles. The largest absolute Gasteiger partial charge is 0.365 e.